The second kappa shape index (κ2) is 9.07. The number of ether oxygens (including phenoxy) is 1. The Morgan fingerprint density at radius 3 is 2.72 bits per heavy atom. The molecule has 3 rings (SSSR count). The number of aryl methyl sites for hydroxylation is 1. The van der Waals surface area contributed by atoms with Gasteiger partial charge in [0.15, 0.2) is 0 Å². The van der Waals surface area contributed by atoms with Crippen molar-refractivity contribution in [2.75, 3.05) is 11.9 Å². The number of carbonyl (C=O) groups is 1. The van der Waals surface area contributed by atoms with Gasteiger partial charge in [0.25, 0.3) is 5.91 Å². The first kappa shape index (κ1) is 20.2. The van der Waals surface area contributed by atoms with E-state index in [9.17, 15) is 9.18 Å². The van der Waals surface area contributed by atoms with Crippen molar-refractivity contribution in [1.82, 2.24) is 4.57 Å². The van der Waals surface area contributed by atoms with Gasteiger partial charge in [-0.15, -0.1) is 0 Å². The van der Waals surface area contributed by atoms with Crippen LogP contribution in [0, 0.1) is 31.0 Å². The third kappa shape index (κ3) is 4.64. The lowest BCUT2D eigenvalue weighted by Crippen LogP contribution is -2.13. The number of rotatable bonds is 7. The summed E-state index contributed by atoms with van der Waals surface area (Å²) in [5, 5.41) is 11.4. The van der Waals surface area contributed by atoms with Gasteiger partial charge in [-0.2, -0.15) is 5.26 Å². The van der Waals surface area contributed by atoms with Gasteiger partial charge >= 0.3 is 0 Å². The number of unbranched alkanes of at least 4 members (excludes halogenated alkanes) is 1. The lowest BCUT2D eigenvalue weighted by molar-refractivity contribution is 0.102. The van der Waals surface area contributed by atoms with E-state index in [1.807, 2.05) is 6.92 Å². The van der Waals surface area contributed by atoms with Crippen molar-refractivity contribution in [3.63, 3.8) is 0 Å². The van der Waals surface area contributed by atoms with Crippen molar-refractivity contribution in [2.24, 2.45) is 0 Å². The minimum atomic E-state index is -0.345. The fraction of sp³-hybridized carbons (Fsp3) is 0.217. The third-order valence-corrected chi connectivity index (χ3v) is 4.56. The molecule has 0 atom stereocenters. The van der Waals surface area contributed by atoms with Crippen LogP contribution in [0.1, 0.15) is 34.6 Å². The molecule has 6 heteroatoms. The fourth-order valence-electron chi connectivity index (χ4n) is 3.20. The molecule has 1 N–H and O–H groups in total. The van der Waals surface area contributed by atoms with E-state index in [2.05, 4.69) is 11.4 Å². The number of nitrogens with zero attached hydrogens (tertiary/aromatic N) is 2. The van der Waals surface area contributed by atoms with Crippen molar-refractivity contribution >= 4 is 11.6 Å². The molecule has 0 aliphatic carbocycles. The number of hydrogen-bond donors (Lipinski definition) is 1. The Kier molecular flexibility index (Phi) is 6.30. The zero-order valence-corrected chi connectivity index (χ0v) is 16.4. The van der Waals surface area contributed by atoms with Crippen LogP contribution in [-0.4, -0.2) is 17.1 Å². The Morgan fingerprint density at radius 1 is 1.17 bits per heavy atom. The highest BCUT2D eigenvalue weighted by molar-refractivity contribution is 6.05. The van der Waals surface area contributed by atoms with Crippen molar-refractivity contribution in [1.29, 1.82) is 5.26 Å². The quantitative estimate of drug-likeness (QED) is 0.565. The molecule has 0 saturated heterocycles. The van der Waals surface area contributed by atoms with E-state index < -0.39 is 0 Å². The molecule has 29 heavy (non-hydrogen) atoms. The highest BCUT2D eigenvalue weighted by atomic mass is 19.1. The van der Waals surface area contributed by atoms with Gasteiger partial charge in [0.1, 0.15) is 11.6 Å². The molecular formula is C23H22FN3O2. The molecule has 0 unspecified atom stereocenters. The molecule has 0 radical (unpaired) electrons. The maximum Gasteiger partial charge on any atom is 0.257 e. The molecule has 3 aromatic rings. The van der Waals surface area contributed by atoms with Crippen molar-refractivity contribution < 1.29 is 13.9 Å². The second-order valence-corrected chi connectivity index (χ2v) is 6.66. The molecule has 1 heterocycles. The van der Waals surface area contributed by atoms with Crippen LogP contribution in [0.4, 0.5) is 10.1 Å². The largest absolute Gasteiger partial charge is 0.493 e. The summed E-state index contributed by atoms with van der Waals surface area (Å²) in [5.41, 5.74) is 2.92. The van der Waals surface area contributed by atoms with Gasteiger partial charge in [-0.3, -0.25) is 4.79 Å². The van der Waals surface area contributed by atoms with Crippen LogP contribution < -0.4 is 10.1 Å². The number of nitriles is 1. The summed E-state index contributed by atoms with van der Waals surface area (Å²) in [5.74, 6) is 0.00222. The van der Waals surface area contributed by atoms with Gasteiger partial charge in [0, 0.05) is 29.6 Å². The van der Waals surface area contributed by atoms with E-state index in [1.165, 1.54) is 6.07 Å². The number of hydrogen-bond acceptors (Lipinski definition) is 3. The average Bonchev–Trinajstić information content (AvgIpc) is 3.00. The highest BCUT2D eigenvalue weighted by Crippen LogP contribution is 2.24. The maximum absolute atomic E-state index is 14.2. The van der Waals surface area contributed by atoms with E-state index in [-0.39, 0.29) is 11.7 Å². The van der Waals surface area contributed by atoms with E-state index in [0.29, 0.717) is 47.8 Å². The van der Waals surface area contributed by atoms with Gasteiger partial charge in [0.2, 0.25) is 0 Å². The summed E-state index contributed by atoms with van der Waals surface area (Å²) in [6.45, 7) is 4.07. The molecule has 0 fully saturated rings. The number of benzene rings is 2. The van der Waals surface area contributed by atoms with Gasteiger partial charge in [-0.05, 0) is 50.6 Å². The van der Waals surface area contributed by atoms with Crippen LogP contribution in [0.5, 0.6) is 5.75 Å². The molecule has 0 aliphatic rings. The summed E-state index contributed by atoms with van der Waals surface area (Å²) in [7, 11) is 0. The summed E-state index contributed by atoms with van der Waals surface area (Å²) in [4.78, 5) is 12.8. The lowest BCUT2D eigenvalue weighted by atomic mass is 10.2. The van der Waals surface area contributed by atoms with Gasteiger partial charge in [-0.1, -0.05) is 18.2 Å². The van der Waals surface area contributed by atoms with Crippen LogP contribution in [0.15, 0.2) is 54.6 Å². The van der Waals surface area contributed by atoms with Crippen molar-refractivity contribution in [3.8, 4) is 17.5 Å². The van der Waals surface area contributed by atoms with Gasteiger partial charge in [0.05, 0.1) is 23.9 Å². The van der Waals surface area contributed by atoms with E-state index >= 15 is 0 Å². The van der Waals surface area contributed by atoms with E-state index in [1.54, 1.807) is 60.0 Å². The van der Waals surface area contributed by atoms with Crippen molar-refractivity contribution in [3.05, 3.63) is 77.4 Å². The molecule has 1 aromatic heterocycles. The maximum atomic E-state index is 14.2. The van der Waals surface area contributed by atoms with Gasteiger partial charge in [-0.25, -0.2) is 4.39 Å². The number of carbonyl (C=O) groups excluding carboxylic acids is 1. The summed E-state index contributed by atoms with van der Waals surface area (Å²) >= 11 is 0. The molecule has 1 amide bonds. The predicted octanol–water partition coefficient (Wildman–Crippen LogP) is 5.17. The van der Waals surface area contributed by atoms with Gasteiger partial charge < -0.3 is 14.6 Å². The SMILES string of the molecule is Cc1cc(C(=O)Nc2cccc(OCCCC#N)c2)c(C)n1-c1ccccc1F. The smallest absolute Gasteiger partial charge is 0.257 e. The van der Waals surface area contributed by atoms with Crippen molar-refractivity contribution in [2.45, 2.75) is 26.7 Å². The Hall–Kier alpha value is -3.59. The third-order valence-electron chi connectivity index (χ3n) is 4.56. The average molecular weight is 391 g/mol. The molecular weight excluding hydrogens is 369 g/mol. The summed E-state index contributed by atoms with van der Waals surface area (Å²) < 4.78 is 21.6. The molecule has 5 nitrogen and oxygen atoms in total. The first-order valence-electron chi connectivity index (χ1n) is 9.36. The number of halogens is 1. The molecule has 0 spiro atoms. The summed E-state index contributed by atoms with van der Waals surface area (Å²) in [6.07, 6.45) is 1.09. The topological polar surface area (TPSA) is 67.0 Å². The molecule has 2 aromatic carbocycles. The normalized spacial score (nSPS) is 10.4. The first-order valence-corrected chi connectivity index (χ1v) is 9.36. The Balaban J connectivity index is 1.78. The van der Waals surface area contributed by atoms with Crippen LogP contribution in [0.3, 0.4) is 0 Å². The summed E-state index contributed by atoms with van der Waals surface area (Å²) in [6, 6.07) is 17.4. The Bertz CT molecular complexity index is 1070. The zero-order valence-electron chi connectivity index (χ0n) is 16.4. The van der Waals surface area contributed by atoms with Crippen LogP contribution in [0.25, 0.3) is 5.69 Å². The monoisotopic (exact) mass is 391 g/mol. The minimum absolute atomic E-state index is 0.276. The van der Waals surface area contributed by atoms with E-state index in [0.717, 1.165) is 5.69 Å². The minimum Gasteiger partial charge on any atom is -0.493 e. The highest BCUT2D eigenvalue weighted by Gasteiger charge is 2.18. The second-order valence-electron chi connectivity index (χ2n) is 6.66. The fourth-order valence-corrected chi connectivity index (χ4v) is 3.20. The molecule has 0 aliphatic heterocycles. The Morgan fingerprint density at radius 2 is 1.97 bits per heavy atom. The molecule has 148 valence electrons. The predicted molar refractivity (Wildman–Crippen MR) is 110 cm³/mol. The number of para-hydroxylation sites is 1. The standard InChI is InChI=1S/C23H22FN3O2/c1-16-14-20(17(2)27(16)22-11-4-3-10-21(22)24)23(28)26-18-8-7-9-19(15-18)29-13-6-5-12-25/h3-4,7-11,14-15H,5-6,13H2,1-2H3,(H,26,28). The molecule has 0 saturated carbocycles. The first-order chi connectivity index (χ1) is 14.0. The van der Waals surface area contributed by atoms with E-state index in [4.69, 9.17) is 10.00 Å². The van der Waals surface area contributed by atoms with Crippen LogP contribution in [-0.2, 0) is 0 Å². The molecule has 0 bridgehead atoms. The number of aromatic nitrogens is 1. The number of amides is 1. The number of anilines is 1. The zero-order chi connectivity index (χ0) is 20.8. The van der Waals surface area contributed by atoms with Crippen LogP contribution in [0.2, 0.25) is 0 Å². The van der Waals surface area contributed by atoms with Crippen LogP contribution >= 0.6 is 0 Å². The number of nitrogens with one attached hydrogen (secondary N) is 1. The lowest BCUT2D eigenvalue weighted by Gasteiger charge is -2.11. The Labute approximate surface area is 169 Å².